The molecule has 0 radical (unpaired) electrons. The van der Waals surface area contributed by atoms with Gasteiger partial charge in [-0.3, -0.25) is 0 Å². The average Bonchev–Trinajstić information content (AvgIpc) is 2.05. The monoisotopic (exact) mass is 247 g/mol. The predicted molar refractivity (Wildman–Crippen MR) is 53.7 cm³/mol. The summed E-state index contributed by atoms with van der Waals surface area (Å²) in [5, 5.41) is 3.08. The molecular weight excluding hydrogens is 237 g/mol. The van der Waals surface area contributed by atoms with Gasteiger partial charge in [0.15, 0.2) is 0 Å². The third kappa shape index (κ3) is 1.87. The van der Waals surface area contributed by atoms with Crippen LogP contribution in [0.5, 0.6) is 0 Å². The van der Waals surface area contributed by atoms with Crippen molar-refractivity contribution in [3.05, 3.63) is 29.8 Å². The lowest BCUT2D eigenvalue weighted by atomic mass is 10.2. The minimum absolute atomic E-state index is 1.09. The molecule has 0 aromatic heterocycles. The van der Waals surface area contributed by atoms with Crippen LogP contribution < -0.4 is 5.32 Å². The lowest BCUT2D eigenvalue weighted by Crippen LogP contribution is -1.86. The number of alkyl halides is 1. The molecule has 0 saturated carbocycles. The Hall–Kier alpha value is -0.250. The normalized spacial score (nSPS) is 9.40. The van der Waals surface area contributed by atoms with Gasteiger partial charge in [-0.1, -0.05) is 34.7 Å². The van der Waals surface area contributed by atoms with Crippen LogP contribution >= 0.6 is 22.6 Å². The van der Waals surface area contributed by atoms with Crippen molar-refractivity contribution in [2.24, 2.45) is 0 Å². The van der Waals surface area contributed by atoms with E-state index in [9.17, 15) is 0 Å². The number of hydrogen-bond acceptors (Lipinski definition) is 1. The van der Waals surface area contributed by atoms with Gasteiger partial charge in [0.05, 0.1) is 0 Å². The highest BCUT2D eigenvalue weighted by molar-refractivity contribution is 14.1. The second-order valence-electron chi connectivity index (χ2n) is 2.08. The summed E-state index contributed by atoms with van der Waals surface area (Å²) in [4.78, 5) is 0. The van der Waals surface area contributed by atoms with E-state index >= 15 is 0 Å². The van der Waals surface area contributed by atoms with Gasteiger partial charge in [0.25, 0.3) is 0 Å². The minimum atomic E-state index is 1.09. The summed E-state index contributed by atoms with van der Waals surface area (Å²) < 4.78 is 1.09. The van der Waals surface area contributed by atoms with E-state index in [1.807, 2.05) is 7.05 Å². The Morgan fingerprint density at radius 2 is 1.90 bits per heavy atom. The number of nitrogens with one attached hydrogen (secondary N) is 1. The number of halogens is 1. The van der Waals surface area contributed by atoms with E-state index in [2.05, 4.69) is 52.2 Å². The highest BCUT2D eigenvalue weighted by Gasteiger charge is 1.88. The van der Waals surface area contributed by atoms with E-state index in [1.54, 1.807) is 0 Å². The van der Waals surface area contributed by atoms with Gasteiger partial charge in [-0.15, -0.1) is 0 Å². The molecule has 0 bridgehead atoms. The first-order valence-electron chi connectivity index (χ1n) is 3.19. The van der Waals surface area contributed by atoms with Crippen LogP contribution in [-0.2, 0) is 4.43 Å². The molecule has 0 heterocycles. The zero-order valence-corrected chi connectivity index (χ0v) is 8.05. The number of hydrogen-bond donors (Lipinski definition) is 1. The van der Waals surface area contributed by atoms with E-state index in [0.717, 1.165) is 4.43 Å². The molecule has 1 aromatic rings. The summed E-state index contributed by atoms with van der Waals surface area (Å²) in [5.41, 5.74) is 2.55. The molecule has 0 aliphatic rings. The second-order valence-corrected chi connectivity index (χ2v) is 2.84. The van der Waals surface area contributed by atoms with Crippen molar-refractivity contribution in [2.45, 2.75) is 4.43 Å². The number of anilines is 1. The first-order valence-corrected chi connectivity index (χ1v) is 4.72. The SMILES string of the molecule is CNc1ccc(CI)cc1. The van der Waals surface area contributed by atoms with Crippen LogP contribution in [0.15, 0.2) is 24.3 Å². The molecule has 10 heavy (non-hydrogen) atoms. The highest BCUT2D eigenvalue weighted by atomic mass is 127. The first-order chi connectivity index (χ1) is 4.86. The van der Waals surface area contributed by atoms with E-state index < -0.39 is 0 Å². The molecule has 0 spiro atoms. The Balaban J connectivity index is 2.80. The molecule has 54 valence electrons. The lowest BCUT2D eigenvalue weighted by Gasteiger charge is -1.99. The molecular formula is C8H10IN. The van der Waals surface area contributed by atoms with Crippen molar-refractivity contribution in [1.82, 2.24) is 0 Å². The summed E-state index contributed by atoms with van der Waals surface area (Å²) in [6.45, 7) is 0. The van der Waals surface area contributed by atoms with E-state index in [-0.39, 0.29) is 0 Å². The van der Waals surface area contributed by atoms with Crippen LogP contribution in [0.4, 0.5) is 5.69 Å². The molecule has 0 atom stereocenters. The summed E-state index contributed by atoms with van der Waals surface area (Å²) >= 11 is 2.36. The van der Waals surface area contributed by atoms with Crippen LogP contribution in [0.3, 0.4) is 0 Å². The Morgan fingerprint density at radius 1 is 1.30 bits per heavy atom. The van der Waals surface area contributed by atoms with Gasteiger partial charge in [0.1, 0.15) is 0 Å². The standard InChI is InChI=1S/C8H10IN/c1-10-8-4-2-7(6-9)3-5-8/h2-5,10H,6H2,1H3. The maximum absolute atomic E-state index is 3.08. The van der Waals surface area contributed by atoms with E-state index in [4.69, 9.17) is 0 Å². The Morgan fingerprint density at radius 3 is 2.30 bits per heavy atom. The zero-order valence-electron chi connectivity index (χ0n) is 5.89. The Kier molecular flexibility index (Phi) is 2.99. The molecule has 0 unspecified atom stereocenters. The minimum Gasteiger partial charge on any atom is -0.388 e. The van der Waals surface area contributed by atoms with Crippen molar-refractivity contribution in [2.75, 3.05) is 12.4 Å². The van der Waals surface area contributed by atoms with Crippen LogP contribution in [0.25, 0.3) is 0 Å². The fourth-order valence-electron chi connectivity index (χ4n) is 0.760. The van der Waals surface area contributed by atoms with Gasteiger partial charge in [-0.05, 0) is 17.7 Å². The molecule has 1 rings (SSSR count). The third-order valence-corrected chi connectivity index (χ3v) is 2.28. The van der Waals surface area contributed by atoms with Crippen molar-refractivity contribution in [3.63, 3.8) is 0 Å². The van der Waals surface area contributed by atoms with Crippen LogP contribution in [0.2, 0.25) is 0 Å². The molecule has 0 fully saturated rings. The Bertz CT molecular complexity index is 170. The van der Waals surface area contributed by atoms with Crippen LogP contribution in [0.1, 0.15) is 5.56 Å². The maximum Gasteiger partial charge on any atom is 0.0337 e. The topological polar surface area (TPSA) is 12.0 Å². The largest absolute Gasteiger partial charge is 0.388 e. The molecule has 1 N–H and O–H groups in total. The molecule has 0 saturated heterocycles. The smallest absolute Gasteiger partial charge is 0.0337 e. The summed E-state index contributed by atoms with van der Waals surface area (Å²) in [6, 6.07) is 8.46. The van der Waals surface area contributed by atoms with Crippen LogP contribution in [0, 0.1) is 0 Å². The fourth-order valence-corrected chi connectivity index (χ4v) is 1.27. The fraction of sp³-hybridized carbons (Fsp3) is 0.250. The maximum atomic E-state index is 3.08. The predicted octanol–water partition coefficient (Wildman–Crippen LogP) is 2.66. The van der Waals surface area contributed by atoms with Gasteiger partial charge in [-0.2, -0.15) is 0 Å². The molecule has 2 heteroatoms. The molecule has 0 aliphatic heterocycles. The number of rotatable bonds is 2. The summed E-state index contributed by atoms with van der Waals surface area (Å²) in [7, 11) is 1.93. The Labute approximate surface area is 75.0 Å². The quantitative estimate of drug-likeness (QED) is 0.625. The number of benzene rings is 1. The third-order valence-electron chi connectivity index (χ3n) is 1.40. The van der Waals surface area contributed by atoms with Gasteiger partial charge in [0.2, 0.25) is 0 Å². The van der Waals surface area contributed by atoms with Crippen molar-refractivity contribution >= 4 is 28.3 Å². The molecule has 1 nitrogen and oxygen atoms in total. The molecule has 1 aromatic carbocycles. The van der Waals surface area contributed by atoms with Gasteiger partial charge in [-0.25, -0.2) is 0 Å². The zero-order chi connectivity index (χ0) is 7.40. The van der Waals surface area contributed by atoms with Crippen molar-refractivity contribution < 1.29 is 0 Å². The van der Waals surface area contributed by atoms with Crippen LogP contribution in [-0.4, -0.2) is 7.05 Å². The first kappa shape index (κ1) is 7.85. The second kappa shape index (κ2) is 3.81. The van der Waals surface area contributed by atoms with Gasteiger partial charge < -0.3 is 5.32 Å². The average molecular weight is 247 g/mol. The van der Waals surface area contributed by atoms with Crippen molar-refractivity contribution in [3.8, 4) is 0 Å². The van der Waals surface area contributed by atoms with E-state index in [1.165, 1.54) is 11.3 Å². The molecule has 0 amide bonds. The van der Waals surface area contributed by atoms with Crippen molar-refractivity contribution in [1.29, 1.82) is 0 Å². The summed E-state index contributed by atoms with van der Waals surface area (Å²) in [6.07, 6.45) is 0. The molecule has 0 aliphatic carbocycles. The van der Waals surface area contributed by atoms with Gasteiger partial charge >= 0.3 is 0 Å². The highest BCUT2D eigenvalue weighted by Crippen LogP contribution is 2.10. The lowest BCUT2D eigenvalue weighted by molar-refractivity contribution is 1.43. The summed E-state index contributed by atoms with van der Waals surface area (Å²) in [5.74, 6) is 0. The van der Waals surface area contributed by atoms with Gasteiger partial charge in [0, 0.05) is 17.2 Å². The van der Waals surface area contributed by atoms with E-state index in [0.29, 0.717) is 0 Å².